The van der Waals surface area contributed by atoms with Gasteiger partial charge in [-0.15, -0.1) is 0 Å². The summed E-state index contributed by atoms with van der Waals surface area (Å²) in [6, 6.07) is 15.0. The van der Waals surface area contributed by atoms with Crippen LogP contribution >= 0.6 is 11.6 Å². The number of rotatable bonds is 3. The fourth-order valence-corrected chi connectivity index (χ4v) is 2.47. The van der Waals surface area contributed by atoms with Gasteiger partial charge in [-0.25, -0.2) is 0 Å². The lowest BCUT2D eigenvalue weighted by atomic mass is 10.1. The molecule has 0 unspecified atom stereocenters. The van der Waals surface area contributed by atoms with E-state index in [9.17, 15) is 0 Å². The third-order valence-corrected chi connectivity index (χ3v) is 3.69. The molecule has 1 aromatic heterocycles. The monoisotopic (exact) mass is 342 g/mol. The van der Waals surface area contributed by atoms with Gasteiger partial charge in [0.15, 0.2) is 0 Å². The van der Waals surface area contributed by atoms with Crippen molar-refractivity contribution in [3.8, 4) is 11.8 Å². The molecule has 0 amide bonds. The molecule has 3 rings (SSSR count). The van der Waals surface area contributed by atoms with Crippen LogP contribution in [-0.4, -0.2) is 13.2 Å². The number of fused-ring (bicyclic) bond motifs is 1. The molecule has 2 aromatic carbocycles. The summed E-state index contributed by atoms with van der Waals surface area (Å²) in [5.74, 6) is 2.59. The van der Waals surface area contributed by atoms with E-state index in [1.165, 1.54) is 0 Å². The third kappa shape index (κ3) is 4.51. The lowest BCUT2D eigenvalue weighted by Gasteiger charge is -2.09. The zero-order valence-electron chi connectivity index (χ0n) is 13.7. The van der Waals surface area contributed by atoms with E-state index in [1.54, 1.807) is 18.2 Å². The number of benzene rings is 2. The minimum atomic E-state index is 0.432. The summed E-state index contributed by atoms with van der Waals surface area (Å²) >= 11 is 6.22. The number of furan rings is 1. The summed E-state index contributed by atoms with van der Waals surface area (Å²) in [6.07, 6.45) is 0. The molecule has 24 heavy (non-hydrogen) atoms. The van der Waals surface area contributed by atoms with Crippen LogP contribution in [0.1, 0.15) is 17.1 Å². The molecule has 1 heterocycles. The number of halogens is 1. The molecule has 0 saturated carbocycles. The number of aryl methyl sites for hydroxylation is 2. The molecule has 0 saturated heterocycles. The minimum Gasteiger partial charge on any atom is -0.491 e. The molecular weight excluding hydrogens is 324 g/mol. The van der Waals surface area contributed by atoms with Crippen LogP contribution in [0.15, 0.2) is 46.9 Å². The second-order valence-electron chi connectivity index (χ2n) is 5.22. The minimum absolute atomic E-state index is 0.432. The van der Waals surface area contributed by atoms with Crippen molar-refractivity contribution in [2.45, 2.75) is 13.8 Å². The Balaban J connectivity index is 0.000000249. The van der Waals surface area contributed by atoms with Gasteiger partial charge in [-0.2, -0.15) is 5.26 Å². The summed E-state index contributed by atoms with van der Waals surface area (Å²) in [6.45, 7) is 4.75. The van der Waals surface area contributed by atoms with Gasteiger partial charge in [-0.05, 0) is 49.6 Å². The zero-order valence-corrected chi connectivity index (χ0v) is 14.4. The van der Waals surface area contributed by atoms with Crippen LogP contribution in [0.25, 0.3) is 10.8 Å². The van der Waals surface area contributed by atoms with Crippen molar-refractivity contribution in [2.24, 2.45) is 5.73 Å². The molecule has 0 spiro atoms. The van der Waals surface area contributed by atoms with E-state index in [1.807, 2.05) is 38.1 Å². The highest BCUT2D eigenvalue weighted by Crippen LogP contribution is 2.33. The molecule has 0 aliphatic rings. The average Bonchev–Trinajstić information content (AvgIpc) is 2.97. The zero-order chi connectivity index (χ0) is 17.5. The molecule has 0 radical (unpaired) electrons. The Morgan fingerprint density at radius 3 is 2.38 bits per heavy atom. The first-order valence-corrected chi connectivity index (χ1v) is 7.91. The predicted molar refractivity (Wildman–Crippen MR) is 96.4 cm³/mol. The number of hydrogen-bond acceptors (Lipinski definition) is 4. The summed E-state index contributed by atoms with van der Waals surface area (Å²) in [5.41, 5.74) is 5.99. The first-order chi connectivity index (χ1) is 11.5. The lowest BCUT2D eigenvalue weighted by Crippen LogP contribution is -2.10. The number of ether oxygens (including phenoxy) is 1. The number of nitrogens with two attached hydrogens (primary N) is 1. The van der Waals surface area contributed by atoms with Crippen molar-refractivity contribution < 1.29 is 9.15 Å². The van der Waals surface area contributed by atoms with Crippen LogP contribution in [-0.2, 0) is 0 Å². The van der Waals surface area contributed by atoms with Crippen LogP contribution in [0.3, 0.4) is 0 Å². The van der Waals surface area contributed by atoms with Crippen molar-refractivity contribution in [3.05, 3.63) is 64.6 Å². The Morgan fingerprint density at radius 1 is 1.12 bits per heavy atom. The normalized spacial score (nSPS) is 9.96. The van der Waals surface area contributed by atoms with E-state index in [-0.39, 0.29) is 0 Å². The van der Waals surface area contributed by atoms with Crippen LogP contribution in [0.2, 0.25) is 5.02 Å². The van der Waals surface area contributed by atoms with Gasteiger partial charge in [0, 0.05) is 11.9 Å². The highest BCUT2D eigenvalue weighted by atomic mass is 35.5. The van der Waals surface area contributed by atoms with Crippen LogP contribution in [0.4, 0.5) is 0 Å². The van der Waals surface area contributed by atoms with Gasteiger partial charge in [0.1, 0.15) is 23.9 Å². The van der Waals surface area contributed by atoms with Crippen LogP contribution in [0, 0.1) is 25.2 Å². The summed E-state index contributed by atoms with van der Waals surface area (Å²) in [4.78, 5) is 0. The Bertz CT molecular complexity index is 849. The molecular formula is C19H19ClN2O2. The van der Waals surface area contributed by atoms with E-state index in [2.05, 4.69) is 6.07 Å². The van der Waals surface area contributed by atoms with Gasteiger partial charge >= 0.3 is 0 Å². The molecule has 0 fully saturated rings. The van der Waals surface area contributed by atoms with Crippen molar-refractivity contribution in [1.82, 2.24) is 0 Å². The van der Waals surface area contributed by atoms with Crippen molar-refractivity contribution >= 4 is 22.4 Å². The summed E-state index contributed by atoms with van der Waals surface area (Å²) in [5, 5.41) is 11.2. The SMILES string of the molecule is Cc1ccc(C)o1.N#Cc1ccc2c(Cl)c(OCCN)ccc2c1. The molecule has 4 nitrogen and oxygen atoms in total. The largest absolute Gasteiger partial charge is 0.491 e. The molecule has 5 heteroatoms. The second kappa shape index (κ2) is 8.39. The maximum absolute atomic E-state index is 8.82. The van der Waals surface area contributed by atoms with Crippen LogP contribution in [0.5, 0.6) is 5.75 Å². The molecule has 124 valence electrons. The first-order valence-electron chi connectivity index (χ1n) is 7.53. The van der Waals surface area contributed by atoms with E-state index in [0.29, 0.717) is 29.5 Å². The number of nitriles is 1. The standard InChI is InChI=1S/C13H11ClN2O.C6H8O/c14-13-11-3-1-9(8-16)7-10(11)2-4-12(13)17-6-5-15;1-5-3-4-6(2)7-5/h1-4,7H,5-6,15H2;3-4H,1-2H3. The average molecular weight is 343 g/mol. The predicted octanol–water partition coefficient (Wildman–Crippen LogP) is 4.60. The highest BCUT2D eigenvalue weighted by Gasteiger charge is 2.07. The second-order valence-corrected chi connectivity index (χ2v) is 5.60. The van der Waals surface area contributed by atoms with Gasteiger partial charge in [0.2, 0.25) is 0 Å². The molecule has 0 aliphatic heterocycles. The summed E-state index contributed by atoms with van der Waals surface area (Å²) < 4.78 is 10.5. The number of hydrogen-bond donors (Lipinski definition) is 1. The van der Waals surface area contributed by atoms with Gasteiger partial charge < -0.3 is 14.9 Å². The van der Waals surface area contributed by atoms with E-state index in [4.69, 9.17) is 31.8 Å². The van der Waals surface area contributed by atoms with Gasteiger partial charge in [-0.1, -0.05) is 23.7 Å². The van der Waals surface area contributed by atoms with Gasteiger partial charge in [0.05, 0.1) is 16.7 Å². The molecule has 0 aliphatic carbocycles. The van der Waals surface area contributed by atoms with Crippen LogP contribution < -0.4 is 10.5 Å². The molecule has 3 aromatic rings. The lowest BCUT2D eigenvalue weighted by molar-refractivity contribution is 0.329. The fourth-order valence-electron chi connectivity index (χ4n) is 2.18. The van der Waals surface area contributed by atoms with Gasteiger partial charge in [-0.3, -0.25) is 0 Å². The van der Waals surface area contributed by atoms with Crippen molar-refractivity contribution in [3.63, 3.8) is 0 Å². The Labute approximate surface area is 146 Å². The highest BCUT2D eigenvalue weighted by molar-refractivity contribution is 6.37. The molecule has 2 N–H and O–H groups in total. The van der Waals surface area contributed by atoms with Gasteiger partial charge in [0.25, 0.3) is 0 Å². The molecule has 0 atom stereocenters. The Hall–Kier alpha value is -2.48. The first kappa shape index (κ1) is 17.9. The van der Waals surface area contributed by atoms with E-state index < -0.39 is 0 Å². The van der Waals surface area contributed by atoms with Crippen molar-refractivity contribution in [1.29, 1.82) is 5.26 Å². The molecule has 0 bridgehead atoms. The fraction of sp³-hybridized carbons (Fsp3) is 0.211. The third-order valence-electron chi connectivity index (χ3n) is 3.30. The maximum Gasteiger partial charge on any atom is 0.138 e. The number of nitrogens with zero attached hydrogens (tertiary/aromatic N) is 1. The van der Waals surface area contributed by atoms with Crippen molar-refractivity contribution in [2.75, 3.05) is 13.2 Å². The Kier molecular flexibility index (Phi) is 6.25. The summed E-state index contributed by atoms with van der Waals surface area (Å²) in [7, 11) is 0. The topological polar surface area (TPSA) is 72.2 Å². The van der Waals surface area contributed by atoms with E-state index >= 15 is 0 Å². The van der Waals surface area contributed by atoms with E-state index in [0.717, 1.165) is 22.3 Å². The maximum atomic E-state index is 8.82. The Morgan fingerprint density at radius 2 is 1.83 bits per heavy atom. The quantitative estimate of drug-likeness (QED) is 0.755. The smallest absolute Gasteiger partial charge is 0.138 e.